The minimum absolute atomic E-state index is 0.230. The standard InChI is InChI=1S/C14H19NO2/c16-14-9-4-10-15(14)12-17-11-5-8-13-6-2-1-3-7-13/h1-3,6-7H,4-5,8-12H2. The van der Waals surface area contributed by atoms with Crippen molar-refractivity contribution in [3.63, 3.8) is 0 Å². The summed E-state index contributed by atoms with van der Waals surface area (Å²) < 4.78 is 5.51. The Morgan fingerprint density at radius 1 is 1.24 bits per heavy atom. The van der Waals surface area contributed by atoms with Crippen molar-refractivity contribution < 1.29 is 9.53 Å². The van der Waals surface area contributed by atoms with Gasteiger partial charge in [-0.1, -0.05) is 30.3 Å². The first-order valence-corrected chi connectivity index (χ1v) is 6.26. The Morgan fingerprint density at radius 3 is 2.76 bits per heavy atom. The highest BCUT2D eigenvalue weighted by Gasteiger charge is 2.19. The van der Waals surface area contributed by atoms with Gasteiger partial charge in [0.1, 0.15) is 6.73 Å². The van der Waals surface area contributed by atoms with Crippen molar-refractivity contribution >= 4 is 5.91 Å². The fourth-order valence-electron chi connectivity index (χ4n) is 2.04. The zero-order valence-electron chi connectivity index (χ0n) is 10.1. The molecule has 0 N–H and O–H groups in total. The molecular weight excluding hydrogens is 214 g/mol. The van der Waals surface area contributed by atoms with Gasteiger partial charge in [0, 0.05) is 19.6 Å². The molecule has 92 valence electrons. The number of carbonyl (C=O) groups excluding carboxylic acids is 1. The van der Waals surface area contributed by atoms with Crippen LogP contribution in [0.4, 0.5) is 0 Å². The van der Waals surface area contributed by atoms with Gasteiger partial charge in [-0.15, -0.1) is 0 Å². The molecule has 0 spiro atoms. The van der Waals surface area contributed by atoms with E-state index >= 15 is 0 Å². The lowest BCUT2D eigenvalue weighted by Gasteiger charge is -2.15. The Hall–Kier alpha value is -1.35. The summed E-state index contributed by atoms with van der Waals surface area (Å²) in [5, 5.41) is 0. The highest BCUT2D eigenvalue weighted by Crippen LogP contribution is 2.09. The first-order chi connectivity index (χ1) is 8.36. The quantitative estimate of drug-likeness (QED) is 0.705. The van der Waals surface area contributed by atoms with Crippen LogP contribution in [0, 0.1) is 0 Å². The van der Waals surface area contributed by atoms with E-state index in [1.807, 2.05) is 6.07 Å². The average Bonchev–Trinajstić information content (AvgIpc) is 2.76. The molecule has 3 nitrogen and oxygen atoms in total. The minimum Gasteiger partial charge on any atom is -0.361 e. The SMILES string of the molecule is O=C1CCCN1COCCCc1ccccc1. The lowest BCUT2D eigenvalue weighted by molar-refractivity contribution is -0.132. The zero-order chi connectivity index (χ0) is 11.9. The molecule has 0 atom stereocenters. The van der Waals surface area contributed by atoms with E-state index in [2.05, 4.69) is 24.3 Å². The summed E-state index contributed by atoms with van der Waals surface area (Å²) in [5.41, 5.74) is 1.34. The van der Waals surface area contributed by atoms with Crippen LogP contribution in [-0.2, 0) is 16.0 Å². The van der Waals surface area contributed by atoms with Crippen molar-refractivity contribution in [3.05, 3.63) is 35.9 Å². The Balaban J connectivity index is 1.56. The molecule has 0 bridgehead atoms. The second kappa shape index (κ2) is 6.40. The number of amides is 1. The fraction of sp³-hybridized carbons (Fsp3) is 0.500. The van der Waals surface area contributed by atoms with Crippen molar-refractivity contribution in [1.82, 2.24) is 4.90 Å². The van der Waals surface area contributed by atoms with Crippen molar-refractivity contribution in [2.45, 2.75) is 25.7 Å². The van der Waals surface area contributed by atoms with Crippen LogP contribution in [0.3, 0.4) is 0 Å². The van der Waals surface area contributed by atoms with Gasteiger partial charge in [0.05, 0.1) is 0 Å². The van der Waals surface area contributed by atoms with E-state index < -0.39 is 0 Å². The molecule has 17 heavy (non-hydrogen) atoms. The molecular formula is C14H19NO2. The summed E-state index contributed by atoms with van der Waals surface area (Å²) in [5.74, 6) is 0.230. The van der Waals surface area contributed by atoms with Crippen LogP contribution >= 0.6 is 0 Å². The van der Waals surface area contributed by atoms with Crippen LogP contribution in [0.2, 0.25) is 0 Å². The van der Waals surface area contributed by atoms with Gasteiger partial charge in [-0.05, 0) is 24.8 Å². The van der Waals surface area contributed by atoms with E-state index in [0.717, 1.165) is 32.4 Å². The number of carbonyl (C=O) groups is 1. The second-order valence-corrected chi connectivity index (χ2v) is 4.39. The molecule has 1 aliphatic heterocycles. The second-order valence-electron chi connectivity index (χ2n) is 4.39. The monoisotopic (exact) mass is 233 g/mol. The number of hydrogen-bond donors (Lipinski definition) is 0. The molecule has 1 aliphatic rings. The minimum atomic E-state index is 0.230. The lowest BCUT2D eigenvalue weighted by Crippen LogP contribution is -2.27. The molecule has 0 unspecified atom stereocenters. The van der Waals surface area contributed by atoms with Crippen LogP contribution in [0.5, 0.6) is 0 Å². The zero-order valence-corrected chi connectivity index (χ0v) is 10.1. The first-order valence-electron chi connectivity index (χ1n) is 6.26. The molecule has 0 saturated carbocycles. The summed E-state index contributed by atoms with van der Waals surface area (Å²) in [4.78, 5) is 13.1. The smallest absolute Gasteiger partial charge is 0.224 e. The Bertz CT molecular complexity index is 350. The third kappa shape index (κ3) is 3.86. The van der Waals surface area contributed by atoms with E-state index in [1.54, 1.807) is 4.90 Å². The molecule has 3 heteroatoms. The maximum Gasteiger partial charge on any atom is 0.224 e. The molecule has 1 aromatic carbocycles. The van der Waals surface area contributed by atoms with Crippen molar-refractivity contribution in [2.24, 2.45) is 0 Å². The van der Waals surface area contributed by atoms with Gasteiger partial charge >= 0.3 is 0 Å². The normalized spacial score (nSPS) is 15.5. The molecule has 1 aromatic rings. The van der Waals surface area contributed by atoms with E-state index in [9.17, 15) is 4.79 Å². The third-order valence-electron chi connectivity index (χ3n) is 3.02. The summed E-state index contributed by atoms with van der Waals surface area (Å²) in [7, 11) is 0. The van der Waals surface area contributed by atoms with Gasteiger partial charge in [0.15, 0.2) is 0 Å². The van der Waals surface area contributed by atoms with Crippen molar-refractivity contribution in [3.8, 4) is 0 Å². The molecule has 1 saturated heterocycles. The summed E-state index contributed by atoms with van der Waals surface area (Å²) in [6.07, 6.45) is 3.71. The number of rotatable bonds is 6. The van der Waals surface area contributed by atoms with Crippen molar-refractivity contribution in [1.29, 1.82) is 0 Å². The van der Waals surface area contributed by atoms with E-state index in [0.29, 0.717) is 13.2 Å². The Morgan fingerprint density at radius 2 is 2.06 bits per heavy atom. The van der Waals surface area contributed by atoms with Gasteiger partial charge in [0.25, 0.3) is 0 Å². The van der Waals surface area contributed by atoms with Gasteiger partial charge in [-0.3, -0.25) is 4.79 Å². The van der Waals surface area contributed by atoms with E-state index in [-0.39, 0.29) is 5.91 Å². The summed E-state index contributed by atoms with van der Waals surface area (Å²) in [6.45, 7) is 2.05. The maximum atomic E-state index is 11.3. The van der Waals surface area contributed by atoms with Crippen molar-refractivity contribution in [2.75, 3.05) is 19.9 Å². The number of likely N-dealkylation sites (tertiary alicyclic amines) is 1. The van der Waals surface area contributed by atoms with Crippen LogP contribution < -0.4 is 0 Å². The number of hydrogen-bond acceptors (Lipinski definition) is 2. The fourth-order valence-corrected chi connectivity index (χ4v) is 2.04. The topological polar surface area (TPSA) is 29.5 Å². The lowest BCUT2D eigenvalue weighted by atomic mass is 10.1. The highest BCUT2D eigenvalue weighted by atomic mass is 16.5. The summed E-state index contributed by atoms with van der Waals surface area (Å²) >= 11 is 0. The first kappa shape index (κ1) is 12.1. The van der Waals surface area contributed by atoms with Crippen LogP contribution in [0.1, 0.15) is 24.8 Å². The molecule has 1 amide bonds. The van der Waals surface area contributed by atoms with Gasteiger partial charge < -0.3 is 9.64 Å². The largest absolute Gasteiger partial charge is 0.361 e. The van der Waals surface area contributed by atoms with Crippen LogP contribution in [-0.4, -0.2) is 30.7 Å². The number of benzene rings is 1. The third-order valence-corrected chi connectivity index (χ3v) is 3.02. The predicted molar refractivity (Wildman–Crippen MR) is 66.5 cm³/mol. The van der Waals surface area contributed by atoms with E-state index in [4.69, 9.17) is 4.74 Å². The maximum absolute atomic E-state index is 11.3. The number of nitrogens with zero attached hydrogens (tertiary/aromatic N) is 1. The van der Waals surface area contributed by atoms with Gasteiger partial charge in [-0.25, -0.2) is 0 Å². The van der Waals surface area contributed by atoms with Crippen LogP contribution in [0.15, 0.2) is 30.3 Å². The van der Waals surface area contributed by atoms with Gasteiger partial charge in [-0.2, -0.15) is 0 Å². The molecule has 2 rings (SSSR count). The Labute approximate surface area is 102 Å². The number of aryl methyl sites for hydroxylation is 1. The molecule has 0 radical (unpaired) electrons. The number of ether oxygens (including phenoxy) is 1. The van der Waals surface area contributed by atoms with E-state index in [1.165, 1.54) is 5.56 Å². The highest BCUT2D eigenvalue weighted by molar-refractivity contribution is 5.77. The summed E-state index contributed by atoms with van der Waals surface area (Å²) in [6, 6.07) is 10.4. The Kier molecular flexibility index (Phi) is 4.56. The molecule has 1 heterocycles. The van der Waals surface area contributed by atoms with Gasteiger partial charge in [0.2, 0.25) is 5.91 Å². The molecule has 1 fully saturated rings. The average molecular weight is 233 g/mol. The molecule has 0 aromatic heterocycles. The molecule has 0 aliphatic carbocycles. The predicted octanol–water partition coefficient (Wildman–Crippen LogP) is 2.22. The van der Waals surface area contributed by atoms with Crippen LogP contribution in [0.25, 0.3) is 0 Å².